The van der Waals surface area contributed by atoms with Crippen molar-refractivity contribution in [3.8, 4) is 11.1 Å². The van der Waals surface area contributed by atoms with Crippen molar-refractivity contribution in [2.45, 2.75) is 20.3 Å². The Hall–Kier alpha value is -0.980. The standard InChI is InChI=1S/C16H16Cl2/c1-11(2)9-12-3-5-13(6-4-12)14-7-8-15(17)16(18)10-14/h3-8,10-11H,9H2,1-2H3. The van der Waals surface area contributed by atoms with Gasteiger partial charge in [-0.25, -0.2) is 0 Å². The Morgan fingerprint density at radius 1 is 0.833 bits per heavy atom. The van der Waals surface area contributed by atoms with Gasteiger partial charge in [0.05, 0.1) is 10.0 Å². The maximum Gasteiger partial charge on any atom is 0.0598 e. The second kappa shape index (κ2) is 5.77. The van der Waals surface area contributed by atoms with Crippen LogP contribution >= 0.6 is 23.2 Å². The molecule has 0 fully saturated rings. The van der Waals surface area contributed by atoms with E-state index in [1.54, 1.807) is 0 Å². The number of hydrogen-bond acceptors (Lipinski definition) is 0. The van der Waals surface area contributed by atoms with Crippen molar-refractivity contribution in [2.24, 2.45) is 5.92 Å². The zero-order valence-electron chi connectivity index (χ0n) is 10.6. The zero-order chi connectivity index (χ0) is 13.1. The fourth-order valence-electron chi connectivity index (χ4n) is 1.98. The number of hydrogen-bond donors (Lipinski definition) is 0. The number of benzene rings is 2. The van der Waals surface area contributed by atoms with Gasteiger partial charge in [0.2, 0.25) is 0 Å². The molecular weight excluding hydrogens is 263 g/mol. The maximum atomic E-state index is 6.03. The van der Waals surface area contributed by atoms with Crippen LogP contribution in [0.4, 0.5) is 0 Å². The minimum Gasteiger partial charge on any atom is -0.0827 e. The van der Waals surface area contributed by atoms with Crippen LogP contribution in [0.3, 0.4) is 0 Å². The lowest BCUT2D eigenvalue weighted by molar-refractivity contribution is 0.647. The molecule has 0 amide bonds. The first-order chi connectivity index (χ1) is 8.56. The van der Waals surface area contributed by atoms with Crippen LogP contribution in [-0.2, 0) is 6.42 Å². The molecule has 0 aliphatic rings. The van der Waals surface area contributed by atoms with E-state index < -0.39 is 0 Å². The highest BCUT2D eigenvalue weighted by Gasteiger charge is 2.03. The van der Waals surface area contributed by atoms with Crippen molar-refractivity contribution in [2.75, 3.05) is 0 Å². The maximum absolute atomic E-state index is 6.03. The van der Waals surface area contributed by atoms with Crippen LogP contribution in [0.1, 0.15) is 19.4 Å². The molecule has 0 saturated heterocycles. The monoisotopic (exact) mass is 278 g/mol. The second-order valence-corrected chi connectivity index (χ2v) is 5.74. The predicted octanol–water partition coefficient (Wildman–Crippen LogP) is 5.86. The molecule has 0 nitrogen and oxygen atoms in total. The molecule has 0 N–H and O–H groups in total. The molecule has 0 bridgehead atoms. The highest BCUT2D eigenvalue weighted by atomic mass is 35.5. The molecule has 0 heterocycles. The van der Waals surface area contributed by atoms with Crippen molar-refractivity contribution in [1.82, 2.24) is 0 Å². The number of halogens is 2. The summed E-state index contributed by atoms with van der Waals surface area (Å²) in [6.07, 6.45) is 1.11. The van der Waals surface area contributed by atoms with Crippen LogP contribution in [0.5, 0.6) is 0 Å². The molecule has 0 aromatic heterocycles. The Kier molecular flexibility index (Phi) is 4.31. The second-order valence-electron chi connectivity index (χ2n) is 4.92. The van der Waals surface area contributed by atoms with Gasteiger partial charge in [0.25, 0.3) is 0 Å². The van der Waals surface area contributed by atoms with Crippen molar-refractivity contribution in [1.29, 1.82) is 0 Å². The molecule has 0 atom stereocenters. The van der Waals surface area contributed by atoms with Gasteiger partial charge >= 0.3 is 0 Å². The topological polar surface area (TPSA) is 0 Å². The molecule has 0 radical (unpaired) electrons. The average Bonchev–Trinajstić information content (AvgIpc) is 2.33. The van der Waals surface area contributed by atoms with Gasteiger partial charge in [0.15, 0.2) is 0 Å². The summed E-state index contributed by atoms with van der Waals surface area (Å²) in [5.74, 6) is 0.681. The summed E-state index contributed by atoms with van der Waals surface area (Å²) in [6.45, 7) is 4.46. The molecule has 2 aromatic rings. The fourth-order valence-corrected chi connectivity index (χ4v) is 2.28. The summed E-state index contributed by atoms with van der Waals surface area (Å²) < 4.78 is 0. The normalized spacial score (nSPS) is 10.9. The molecule has 0 unspecified atom stereocenters. The van der Waals surface area contributed by atoms with E-state index in [1.165, 1.54) is 11.1 Å². The van der Waals surface area contributed by atoms with Crippen LogP contribution in [0.15, 0.2) is 42.5 Å². The van der Waals surface area contributed by atoms with Gasteiger partial charge in [-0.3, -0.25) is 0 Å². The van der Waals surface area contributed by atoms with Crippen LogP contribution in [0, 0.1) is 5.92 Å². The molecular formula is C16H16Cl2. The lowest BCUT2D eigenvalue weighted by Gasteiger charge is -2.07. The molecule has 0 aliphatic carbocycles. The third-order valence-corrected chi connectivity index (χ3v) is 3.59. The van der Waals surface area contributed by atoms with Crippen LogP contribution in [0.2, 0.25) is 10.0 Å². The molecule has 94 valence electrons. The van der Waals surface area contributed by atoms with Crippen LogP contribution < -0.4 is 0 Å². The van der Waals surface area contributed by atoms with E-state index >= 15 is 0 Å². The minimum absolute atomic E-state index is 0.594. The van der Waals surface area contributed by atoms with Crippen molar-refractivity contribution >= 4 is 23.2 Å². The highest BCUT2D eigenvalue weighted by Crippen LogP contribution is 2.28. The fraction of sp³-hybridized carbons (Fsp3) is 0.250. The Labute approximate surface area is 119 Å². The summed E-state index contributed by atoms with van der Waals surface area (Å²) in [5, 5.41) is 1.19. The first kappa shape index (κ1) is 13.5. The summed E-state index contributed by atoms with van der Waals surface area (Å²) in [7, 11) is 0. The first-order valence-corrected chi connectivity index (χ1v) is 6.86. The van der Waals surface area contributed by atoms with Crippen molar-refractivity contribution in [3.63, 3.8) is 0 Å². The van der Waals surface area contributed by atoms with E-state index in [0.717, 1.165) is 12.0 Å². The first-order valence-electron chi connectivity index (χ1n) is 6.10. The SMILES string of the molecule is CC(C)Cc1ccc(-c2ccc(Cl)c(Cl)c2)cc1. The predicted molar refractivity (Wildman–Crippen MR) is 80.4 cm³/mol. The van der Waals surface area contributed by atoms with Crippen LogP contribution in [0.25, 0.3) is 11.1 Å². The van der Waals surface area contributed by atoms with Gasteiger partial charge in [0.1, 0.15) is 0 Å². The molecule has 2 aromatic carbocycles. The summed E-state index contributed by atoms with van der Waals surface area (Å²) in [6, 6.07) is 14.4. The zero-order valence-corrected chi connectivity index (χ0v) is 12.1. The molecule has 2 heteroatoms. The van der Waals surface area contributed by atoms with Gasteiger partial charge in [-0.2, -0.15) is 0 Å². The van der Waals surface area contributed by atoms with E-state index in [4.69, 9.17) is 23.2 Å². The minimum atomic E-state index is 0.594. The third-order valence-electron chi connectivity index (χ3n) is 2.85. The molecule has 0 spiro atoms. The molecule has 18 heavy (non-hydrogen) atoms. The highest BCUT2D eigenvalue weighted by molar-refractivity contribution is 6.42. The number of rotatable bonds is 3. The molecule has 0 saturated carbocycles. The third kappa shape index (κ3) is 3.28. The Bertz CT molecular complexity index is 527. The van der Waals surface area contributed by atoms with Crippen LogP contribution in [-0.4, -0.2) is 0 Å². The largest absolute Gasteiger partial charge is 0.0827 e. The van der Waals surface area contributed by atoms with E-state index in [2.05, 4.69) is 38.1 Å². The summed E-state index contributed by atoms with van der Waals surface area (Å²) in [5.41, 5.74) is 3.63. The van der Waals surface area contributed by atoms with Gasteiger partial charge in [-0.05, 0) is 41.2 Å². The Balaban J connectivity index is 2.25. The lowest BCUT2D eigenvalue weighted by Crippen LogP contribution is -1.93. The van der Waals surface area contributed by atoms with Crippen molar-refractivity contribution in [3.05, 3.63) is 58.1 Å². The van der Waals surface area contributed by atoms with E-state index in [9.17, 15) is 0 Å². The lowest BCUT2D eigenvalue weighted by atomic mass is 9.99. The van der Waals surface area contributed by atoms with Gasteiger partial charge in [0, 0.05) is 0 Å². The van der Waals surface area contributed by atoms with E-state index in [0.29, 0.717) is 16.0 Å². The average molecular weight is 279 g/mol. The Morgan fingerprint density at radius 3 is 2.00 bits per heavy atom. The smallest absolute Gasteiger partial charge is 0.0598 e. The summed E-state index contributed by atoms with van der Waals surface area (Å²) in [4.78, 5) is 0. The van der Waals surface area contributed by atoms with Gasteiger partial charge < -0.3 is 0 Å². The molecule has 0 aliphatic heterocycles. The van der Waals surface area contributed by atoms with Gasteiger partial charge in [-0.15, -0.1) is 0 Å². The summed E-state index contributed by atoms with van der Waals surface area (Å²) >= 11 is 12.0. The van der Waals surface area contributed by atoms with Gasteiger partial charge in [-0.1, -0.05) is 67.4 Å². The molecule has 2 rings (SSSR count). The Morgan fingerprint density at radius 2 is 1.44 bits per heavy atom. The van der Waals surface area contributed by atoms with Crippen molar-refractivity contribution < 1.29 is 0 Å². The van der Waals surface area contributed by atoms with E-state index in [-0.39, 0.29) is 0 Å². The van der Waals surface area contributed by atoms with E-state index in [1.807, 2.05) is 18.2 Å². The quantitative estimate of drug-likeness (QED) is 0.660.